The van der Waals surface area contributed by atoms with Crippen molar-refractivity contribution in [1.29, 1.82) is 0 Å². The van der Waals surface area contributed by atoms with Crippen molar-refractivity contribution >= 4 is 30.9 Å². The molecule has 0 aliphatic rings. The van der Waals surface area contributed by atoms with Crippen LogP contribution in [0.15, 0.2) is 0 Å². The van der Waals surface area contributed by atoms with Gasteiger partial charge in [0, 0.05) is 0 Å². The van der Waals surface area contributed by atoms with Crippen molar-refractivity contribution < 1.29 is 34.0 Å². The average molecular weight is 418 g/mol. The number of hydrogen-bond acceptors (Lipinski definition) is 2. The van der Waals surface area contributed by atoms with Gasteiger partial charge in [0.2, 0.25) is 0 Å². The molecule has 0 bridgehead atoms. The van der Waals surface area contributed by atoms with Gasteiger partial charge < -0.3 is 0 Å². The summed E-state index contributed by atoms with van der Waals surface area (Å²) in [6.45, 7) is 0.257. The van der Waals surface area contributed by atoms with E-state index in [-0.39, 0.29) is 6.92 Å². The number of alkyl halides is 6. The van der Waals surface area contributed by atoms with Crippen molar-refractivity contribution in [1.82, 2.24) is 0 Å². The van der Waals surface area contributed by atoms with Crippen LogP contribution >= 0.6 is 0 Å². The zero-order chi connectivity index (χ0) is 11.8. The van der Waals surface area contributed by atoms with E-state index in [0.717, 1.165) is 0 Å². The Labute approximate surface area is 90.1 Å². The van der Waals surface area contributed by atoms with Gasteiger partial charge in [0.1, 0.15) is 0 Å². The fraction of sp³-hybridized carbons (Fsp3) is 0.800. The number of ketones is 1. The van der Waals surface area contributed by atoms with Gasteiger partial charge in [-0.3, -0.25) is 0 Å². The topological polar surface area (TPSA) is 26.3 Å². The Kier molecular flexibility index (Phi) is 3.95. The maximum atomic E-state index is 12.9. The molecule has 0 saturated heterocycles. The molecule has 0 heterocycles. The van der Waals surface area contributed by atoms with E-state index in [4.69, 9.17) is 0 Å². The van der Waals surface area contributed by atoms with Gasteiger partial charge in [-0.1, -0.05) is 0 Å². The quantitative estimate of drug-likeness (QED) is 0.514. The third-order valence-corrected chi connectivity index (χ3v) is 2.32. The second-order valence-electron chi connectivity index (χ2n) is 2.31. The van der Waals surface area contributed by atoms with Gasteiger partial charge in [-0.05, 0) is 0 Å². The summed E-state index contributed by atoms with van der Waals surface area (Å²) in [7, 11) is 0. The van der Waals surface area contributed by atoms with E-state index in [2.05, 4.69) is 2.81 Å². The fourth-order valence-electron chi connectivity index (χ4n) is 0.525. The van der Waals surface area contributed by atoms with E-state index < -0.39 is 48.9 Å². The van der Waals surface area contributed by atoms with Crippen molar-refractivity contribution in [3.05, 3.63) is 0 Å². The molecule has 0 amide bonds. The molecule has 2 radical (unpaired) electrons. The summed E-state index contributed by atoms with van der Waals surface area (Å²) >= 11 is -0.563. The first kappa shape index (κ1) is 14.1. The molecule has 0 rings (SSSR count). The number of hydrogen-bond donors (Lipinski definition) is 0. The van der Waals surface area contributed by atoms with E-state index in [1.54, 1.807) is 0 Å². The van der Waals surface area contributed by atoms with E-state index in [0.29, 0.717) is 0 Å². The summed E-state index contributed by atoms with van der Waals surface area (Å²) in [5.74, 6) is -12.5. The van der Waals surface area contributed by atoms with Crippen LogP contribution in [-0.4, -0.2) is 48.9 Å². The first-order valence-electron chi connectivity index (χ1n) is 2.97. The Morgan fingerprint density at radius 3 is 1.57 bits per heavy atom. The van der Waals surface area contributed by atoms with Crippen molar-refractivity contribution in [2.24, 2.45) is 0 Å². The summed E-state index contributed by atoms with van der Waals surface area (Å²) in [5.41, 5.74) is 0. The molecule has 9 heteroatoms. The first-order chi connectivity index (χ1) is 6.00. The predicted molar refractivity (Wildman–Crippen MR) is 32.4 cm³/mol. The summed E-state index contributed by atoms with van der Waals surface area (Å²) in [5, 5.41) is 0. The average Bonchev–Trinajstić information content (AvgIpc) is 2.00. The normalized spacial score (nSPS) is 17.7. The van der Waals surface area contributed by atoms with Crippen LogP contribution in [0.25, 0.3) is 0 Å². The number of carbonyl (C=O) groups excluding carboxylic acids is 1. The minimum absolute atomic E-state index is 0.257. The van der Waals surface area contributed by atoms with Crippen LogP contribution < -0.4 is 0 Å². The maximum absolute atomic E-state index is 12.9. The molecule has 14 heavy (non-hydrogen) atoms. The molecule has 0 aliphatic heterocycles. The molecular formula is C5H3BiF6O2. The molecule has 0 aromatic heterocycles. The van der Waals surface area contributed by atoms with E-state index >= 15 is 0 Å². The van der Waals surface area contributed by atoms with Crippen LogP contribution in [0, 0.1) is 0 Å². The van der Waals surface area contributed by atoms with Gasteiger partial charge in [0.15, 0.2) is 0 Å². The number of Topliss-reactive ketones (excluding diaryl/α,β-unsaturated/α-hetero) is 1. The second-order valence-corrected chi connectivity index (χ2v) is 3.02. The molecule has 0 aromatic rings. The Hall–Kier alpha value is 0.0931. The van der Waals surface area contributed by atoms with Gasteiger partial charge in [0.05, 0.1) is 0 Å². The number of halogens is 6. The van der Waals surface area contributed by atoms with E-state index in [1.807, 2.05) is 0 Å². The molecule has 0 spiro atoms. The Morgan fingerprint density at radius 1 is 1.14 bits per heavy atom. The Morgan fingerprint density at radius 2 is 1.50 bits per heavy atom. The molecule has 1 atom stereocenters. The summed E-state index contributed by atoms with van der Waals surface area (Å²) in [4.78, 5) is 10.3. The summed E-state index contributed by atoms with van der Waals surface area (Å²) in [6, 6.07) is 0. The molecule has 1 unspecified atom stereocenters. The zero-order valence-electron chi connectivity index (χ0n) is 6.53. The van der Waals surface area contributed by atoms with Crippen molar-refractivity contribution in [2.75, 3.05) is 0 Å². The standard InChI is InChI=1S/C5H3F6O2.Bi/c1-2(12)3(6,13)4(7,8)5(9,10)11;/h1H3;/q-1;+1. The Bertz CT molecular complexity index is 239. The predicted octanol–water partition coefficient (Wildman–Crippen LogP) is 1.54. The molecule has 0 aliphatic carbocycles. The van der Waals surface area contributed by atoms with Gasteiger partial charge in [0.25, 0.3) is 0 Å². The number of carbonyl (C=O) groups is 1. The summed E-state index contributed by atoms with van der Waals surface area (Å²) in [6.07, 6.45) is -6.17. The molecule has 82 valence electrons. The van der Waals surface area contributed by atoms with Crippen LogP contribution in [-0.2, 0) is 7.61 Å². The third kappa shape index (κ3) is 2.03. The molecule has 0 N–H and O–H groups in total. The van der Waals surface area contributed by atoms with Crippen LogP contribution in [0.3, 0.4) is 0 Å². The molecule has 0 saturated carbocycles. The van der Waals surface area contributed by atoms with Crippen molar-refractivity contribution in [3.63, 3.8) is 0 Å². The number of rotatable bonds is 3. The van der Waals surface area contributed by atoms with Crippen LogP contribution in [0.5, 0.6) is 0 Å². The SMILES string of the molecule is CC(=O)C(F)([O][Bi])C(F)(F)C(F)(F)F. The van der Waals surface area contributed by atoms with Crippen LogP contribution in [0.2, 0.25) is 0 Å². The molecule has 0 fully saturated rings. The third-order valence-electron chi connectivity index (χ3n) is 1.34. The first-order valence-corrected chi connectivity index (χ1v) is 4.39. The van der Waals surface area contributed by atoms with Crippen LogP contribution in [0.1, 0.15) is 6.92 Å². The van der Waals surface area contributed by atoms with Crippen LogP contribution in [0.4, 0.5) is 26.3 Å². The van der Waals surface area contributed by atoms with E-state index in [9.17, 15) is 31.1 Å². The molecule has 0 aromatic carbocycles. The Balaban J connectivity index is 5.34. The second kappa shape index (κ2) is 3.92. The minimum atomic E-state index is -6.17. The van der Waals surface area contributed by atoms with Gasteiger partial charge in [-0.15, -0.1) is 0 Å². The summed E-state index contributed by atoms with van der Waals surface area (Å²) < 4.78 is 76.1. The fourth-order valence-corrected chi connectivity index (χ4v) is 1.47. The van der Waals surface area contributed by atoms with Gasteiger partial charge in [-0.25, -0.2) is 0 Å². The monoisotopic (exact) mass is 418 g/mol. The van der Waals surface area contributed by atoms with Crippen molar-refractivity contribution in [2.45, 2.75) is 24.9 Å². The molecule has 2 nitrogen and oxygen atoms in total. The zero-order valence-corrected chi connectivity index (χ0v) is 10.0. The van der Waals surface area contributed by atoms with E-state index in [1.165, 1.54) is 0 Å². The van der Waals surface area contributed by atoms with Gasteiger partial charge in [-0.2, -0.15) is 0 Å². The molecular weight excluding hydrogens is 415 g/mol. The van der Waals surface area contributed by atoms with Gasteiger partial charge >= 0.3 is 89.8 Å². The van der Waals surface area contributed by atoms with Crippen molar-refractivity contribution in [3.8, 4) is 0 Å².